The molecule has 0 saturated heterocycles. The first-order valence-electron chi connectivity index (χ1n) is 8.83. The largest absolute Gasteiger partial charge is 0.448 e. The van der Waals surface area contributed by atoms with E-state index in [0.717, 1.165) is 0 Å². The number of non-ortho nitro benzene ring substituents is 1. The van der Waals surface area contributed by atoms with Crippen LogP contribution in [0.15, 0.2) is 86.6 Å². The number of nitrogens with zero attached hydrogens (tertiary/aromatic N) is 2. The number of hydrazone groups is 1. The fraction of sp³-hybridized carbons (Fsp3) is 0. The van der Waals surface area contributed by atoms with Crippen molar-refractivity contribution in [3.8, 4) is 0 Å². The number of halogens is 1. The van der Waals surface area contributed by atoms with Crippen LogP contribution in [0.3, 0.4) is 0 Å². The third-order valence-electron chi connectivity index (χ3n) is 3.87. The number of carbonyl (C=O) groups is 2. The quantitative estimate of drug-likeness (QED) is 0.228. The SMILES string of the molecule is O=C(N/N=C\c1ccc(Br)o1)/C(=C/c1cccc([N+](=O)[O-])c1)NC(=O)c1ccccc1. The molecule has 0 unspecified atom stereocenters. The molecule has 3 rings (SSSR count). The molecule has 3 aromatic rings. The fourth-order valence-corrected chi connectivity index (χ4v) is 2.77. The lowest BCUT2D eigenvalue weighted by Gasteiger charge is -2.09. The van der Waals surface area contributed by atoms with Gasteiger partial charge in [0.15, 0.2) is 4.67 Å². The van der Waals surface area contributed by atoms with Crippen LogP contribution < -0.4 is 10.7 Å². The second-order valence-corrected chi connectivity index (χ2v) is 6.85. The van der Waals surface area contributed by atoms with Crippen molar-refractivity contribution in [2.75, 3.05) is 0 Å². The van der Waals surface area contributed by atoms with Gasteiger partial charge >= 0.3 is 0 Å². The summed E-state index contributed by atoms with van der Waals surface area (Å²) in [6.45, 7) is 0. The summed E-state index contributed by atoms with van der Waals surface area (Å²) in [5.74, 6) is -0.853. The van der Waals surface area contributed by atoms with Crippen LogP contribution in [0.25, 0.3) is 6.08 Å². The zero-order valence-corrected chi connectivity index (χ0v) is 17.4. The van der Waals surface area contributed by atoms with Gasteiger partial charge in [0.05, 0.1) is 11.1 Å². The minimum atomic E-state index is -0.724. The Morgan fingerprint density at radius 2 is 1.84 bits per heavy atom. The number of hydrogen-bond acceptors (Lipinski definition) is 6. The molecule has 0 aliphatic carbocycles. The molecule has 0 spiro atoms. The second kappa shape index (κ2) is 10.1. The highest BCUT2D eigenvalue weighted by Crippen LogP contribution is 2.16. The van der Waals surface area contributed by atoms with E-state index >= 15 is 0 Å². The minimum absolute atomic E-state index is 0.146. The molecule has 156 valence electrons. The molecule has 0 aliphatic rings. The predicted molar refractivity (Wildman–Crippen MR) is 117 cm³/mol. The first kappa shape index (κ1) is 21.7. The number of carbonyl (C=O) groups excluding carboxylic acids is 2. The molecule has 0 atom stereocenters. The van der Waals surface area contributed by atoms with Gasteiger partial charge in [0.25, 0.3) is 17.5 Å². The molecule has 0 bridgehead atoms. The van der Waals surface area contributed by atoms with Crippen LogP contribution in [-0.4, -0.2) is 23.0 Å². The molecule has 10 heteroatoms. The summed E-state index contributed by atoms with van der Waals surface area (Å²) in [6, 6.07) is 17.3. The predicted octanol–water partition coefficient (Wildman–Crippen LogP) is 3.87. The summed E-state index contributed by atoms with van der Waals surface area (Å²) in [5, 5.41) is 17.3. The van der Waals surface area contributed by atoms with Crippen molar-refractivity contribution in [3.63, 3.8) is 0 Å². The Labute approximate surface area is 184 Å². The van der Waals surface area contributed by atoms with Crippen LogP contribution in [0, 0.1) is 10.1 Å². The minimum Gasteiger partial charge on any atom is -0.448 e. The van der Waals surface area contributed by atoms with Gasteiger partial charge in [-0.3, -0.25) is 19.7 Å². The molecule has 2 aromatic carbocycles. The van der Waals surface area contributed by atoms with Gasteiger partial charge in [-0.25, -0.2) is 5.43 Å². The summed E-state index contributed by atoms with van der Waals surface area (Å²) >= 11 is 3.16. The summed E-state index contributed by atoms with van der Waals surface area (Å²) in [4.78, 5) is 35.6. The molecular formula is C21H15BrN4O5. The fourth-order valence-electron chi connectivity index (χ4n) is 2.45. The lowest BCUT2D eigenvalue weighted by Crippen LogP contribution is -2.32. The van der Waals surface area contributed by atoms with E-state index in [1.807, 2.05) is 0 Å². The third kappa shape index (κ3) is 6.21. The summed E-state index contributed by atoms with van der Waals surface area (Å²) in [6.07, 6.45) is 2.61. The number of rotatable bonds is 7. The van der Waals surface area contributed by atoms with Crippen molar-refractivity contribution in [1.29, 1.82) is 0 Å². The molecule has 2 amide bonds. The molecule has 1 heterocycles. The normalized spacial score (nSPS) is 11.3. The van der Waals surface area contributed by atoms with Crippen molar-refractivity contribution < 1.29 is 18.9 Å². The summed E-state index contributed by atoms with van der Waals surface area (Å²) < 4.78 is 5.75. The Kier molecular flexibility index (Phi) is 7.07. The highest BCUT2D eigenvalue weighted by Gasteiger charge is 2.15. The van der Waals surface area contributed by atoms with Gasteiger partial charge in [0.1, 0.15) is 11.5 Å². The van der Waals surface area contributed by atoms with Crippen LogP contribution in [0.4, 0.5) is 5.69 Å². The van der Waals surface area contributed by atoms with E-state index in [2.05, 4.69) is 31.8 Å². The lowest BCUT2D eigenvalue weighted by atomic mass is 10.1. The Hall–Kier alpha value is -4.05. The summed E-state index contributed by atoms with van der Waals surface area (Å²) in [5.41, 5.74) is 2.69. The van der Waals surface area contributed by atoms with Gasteiger partial charge in [0.2, 0.25) is 0 Å². The average Bonchev–Trinajstić information content (AvgIpc) is 3.19. The number of furan rings is 1. The van der Waals surface area contributed by atoms with Gasteiger partial charge in [-0.05, 0) is 51.8 Å². The van der Waals surface area contributed by atoms with Crippen LogP contribution in [0.1, 0.15) is 21.7 Å². The number of nitro benzene ring substituents is 1. The van der Waals surface area contributed by atoms with Crippen LogP contribution in [0.2, 0.25) is 0 Å². The van der Waals surface area contributed by atoms with Crippen molar-refractivity contribution in [2.24, 2.45) is 5.10 Å². The van der Waals surface area contributed by atoms with E-state index in [1.54, 1.807) is 48.5 Å². The smallest absolute Gasteiger partial charge is 0.287 e. The van der Waals surface area contributed by atoms with Gasteiger partial charge in [-0.1, -0.05) is 30.3 Å². The molecule has 2 N–H and O–H groups in total. The van der Waals surface area contributed by atoms with Gasteiger partial charge < -0.3 is 9.73 Å². The number of amides is 2. The van der Waals surface area contributed by atoms with E-state index in [9.17, 15) is 19.7 Å². The zero-order chi connectivity index (χ0) is 22.2. The monoisotopic (exact) mass is 482 g/mol. The van der Waals surface area contributed by atoms with Crippen LogP contribution >= 0.6 is 15.9 Å². The highest BCUT2D eigenvalue weighted by molar-refractivity contribution is 9.10. The van der Waals surface area contributed by atoms with Crippen molar-refractivity contribution in [1.82, 2.24) is 10.7 Å². The summed E-state index contributed by atoms with van der Waals surface area (Å²) in [7, 11) is 0. The average molecular weight is 483 g/mol. The molecule has 0 fully saturated rings. The number of nitro groups is 1. The first-order valence-corrected chi connectivity index (χ1v) is 9.63. The van der Waals surface area contributed by atoms with Gasteiger partial charge in [-0.15, -0.1) is 0 Å². The van der Waals surface area contributed by atoms with Crippen molar-refractivity contribution >= 4 is 45.7 Å². The Morgan fingerprint density at radius 1 is 1.06 bits per heavy atom. The van der Waals surface area contributed by atoms with Crippen LogP contribution in [-0.2, 0) is 4.79 Å². The van der Waals surface area contributed by atoms with Crippen molar-refractivity contribution in [2.45, 2.75) is 0 Å². The Morgan fingerprint density at radius 3 is 2.52 bits per heavy atom. The highest BCUT2D eigenvalue weighted by atomic mass is 79.9. The molecule has 0 saturated carbocycles. The van der Waals surface area contributed by atoms with E-state index in [1.165, 1.54) is 30.5 Å². The van der Waals surface area contributed by atoms with E-state index in [0.29, 0.717) is 21.6 Å². The standard InChI is InChI=1S/C21H15BrN4O5/c22-19-10-9-17(31-19)13-23-25-21(28)18(24-20(27)15-6-2-1-3-7-15)12-14-5-4-8-16(11-14)26(29)30/h1-13H,(H,24,27)(H,25,28)/b18-12-,23-13-. The lowest BCUT2D eigenvalue weighted by molar-refractivity contribution is -0.384. The maximum atomic E-state index is 12.6. The molecule has 0 radical (unpaired) electrons. The molecular weight excluding hydrogens is 468 g/mol. The Bertz CT molecular complexity index is 1170. The number of hydrogen-bond donors (Lipinski definition) is 2. The molecule has 0 aliphatic heterocycles. The zero-order valence-electron chi connectivity index (χ0n) is 15.8. The number of benzene rings is 2. The van der Waals surface area contributed by atoms with E-state index < -0.39 is 16.7 Å². The second-order valence-electron chi connectivity index (χ2n) is 6.07. The Balaban J connectivity index is 1.84. The van der Waals surface area contributed by atoms with Crippen molar-refractivity contribution in [3.05, 3.63) is 104 Å². The van der Waals surface area contributed by atoms with E-state index in [4.69, 9.17) is 4.42 Å². The number of nitrogens with one attached hydrogen (secondary N) is 2. The molecule has 9 nitrogen and oxygen atoms in total. The molecule has 1 aromatic heterocycles. The molecule has 31 heavy (non-hydrogen) atoms. The topological polar surface area (TPSA) is 127 Å². The maximum Gasteiger partial charge on any atom is 0.287 e. The maximum absolute atomic E-state index is 12.6. The van der Waals surface area contributed by atoms with Crippen LogP contribution in [0.5, 0.6) is 0 Å². The third-order valence-corrected chi connectivity index (χ3v) is 4.30. The van der Waals surface area contributed by atoms with E-state index in [-0.39, 0.29) is 11.4 Å². The van der Waals surface area contributed by atoms with Gasteiger partial charge in [0, 0.05) is 17.7 Å². The van der Waals surface area contributed by atoms with Gasteiger partial charge in [-0.2, -0.15) is 5.10 Å². The first-order chi connectivity index (χ1) is 14.9.